The van der Waals surface area contributed by atoms with Gasteiger partial charge in [0.25, 0.3) is 0 Å². The van der Waals surface area contributed by atoms with E-state index in [2.05, 4.69) is 50.7 Å². The molecule has 1 aliphatic carbocycles. The van der Waals surface area contributed by atoms with Gasteiger partial charge in [0.05, 0.1) is 6.54 Å². The average Bonchev–Trinajstić information content (AvgIpc) is 3.12. The van der Waals surface area contributed by atoms with Crippen LogP contribution in [0.2, 0.25) is 0 Å². The number of aryl methyl sites for hydroxylation is 1. The van der Waals surface area contributed by atoms with Crippen LogP contribution in [0.3, 0.4) is 0 Å². The van der Waals surface area contributed by atoms with Gasteiger partial charge in [-0.25, -0.2) is 4.99 Å². The Hall–Kier alpha value is -1.61. The highest BCUT2D eigenvalue weighted by atomic mass is 127. The first-order valence-electron chi connectivity index (χ1n) is 10.1. The molecule has 3 N–H and O–H groups in total. The lowest BCUT2D eigenvalue weighted by atomic mass is 9.96. The number of nitrogens with two attached hydrogens (primary N) is 1. The Balaban J connectivity index is 0.00000225. The number of rotatable bonds is 5. The van der Waals surface area contributed by atoms with Crippen molar-refractivity contribution < 1.29 is 4.52 Å². The first-order valence-corrected chi connectivity index (χ1v) is 10.1. The molecule has 4 rings (SSSR count). The number of guanidine groups is 1. The molecule has 152 valence electrons. The van der Waals surface area contributed by atoms with E-state index in [4.69, 9.17) is 10.3 Å². The quantitative estimate of drug-likeness (QED) is 0.378. The lowest BCUT2D eigenvalue weighted by molar-refractivity contribution is 0.199. The first kappa shape index (κ1) is 21.1. The Kier molecular flexibility index (Phi) is 7.73. The second-order valence-electron chi connectivity index (χ2n) is 7.62. The minimum atomic E-state index is 0. The molecule has 2 aromatic rings. The van der Waals surface area contributed by atoms with Gasteiger partial charge in [-0.2, -0.15) is 0 Å². The number of likely N-dealkylation sites (tertiary alicyclic amines) is 1. The summed E-state index contributed by atoms with van der Waals surface area (Å²) in [6, 6.07) is 11.1. The van der Waals surface area contributed by atoms with E-state index < -0.39 is 0 Å². The minimum Gasteiger partial charge on any atom is -0.370 e. The monoisotopic (exact) mass is 495 g/mol. The molecule has 0 spiro atoms. The Morgan fingerprint density at radius 2 is 1.93 bits per heavy atom. The van der Waals surface area contributed by atoms with Crippen LogP contribution >= 0.6 is 24.0 Å². The predicted octanol–water partition coefficient (Wildman–Crippen LogP) is 3.24. The summed E-state index contributed by atoms with van der Waals surface area (Å²) in [5, 5.41) is 7.58. The fraction of sp³-hybridized carbons (Fsp3) is 0.524. The van der Waals surface area contributed by atoms with Gasteiger partial charge in [-0.1, -0.05) is 35.5 Å². The number of fused-ring (bicyclic) bond motifs is 1. The third-order valence-electron chi connectivity index (χ3n) is 5.62. The number of hydrogen-bond donors (Lipinski definition) is 2. The molecule has 1 saturated heterocycles. The molecule has 0 radical (unpaired) electrons. The number of nitrogens with zero attached hydrogens (tertiary/aromatic N) is 3. The standard InChI is InChI=1S/C21H29N5O.HI/c22-21(23-14-19-18-8-4-5-9-20(18)27-25-19)24-17-10-12-26(13-11-17)15-16-6-2-1-3-7-16;/h1-3,6-7,17H,4-5,8-15H2,(H3,22,23,24);1H. The van der Waals surface area contributed by atoms with Crippen molar-refractivity contribution in [3.05, 3.63) is 52.9 Å². The molecule has 1 aliphatic heterocycles. The van der Waals surface area contributed by atoms with Crippen molar-refractivity contribution >= 4 is 29.9 Å². The molecule has 0 atom stereocenters. The van der Waals surface area contributed by atoms with Gasteiger partial charge >= 0.3 is 0 Å². The van der Waals surface area contributed by atoms with Crippen molar-refractivity contribution in [1.29, 1.82) is 0 Å². The van der Waals surface area contributed by atoms with E-state index in [9.17, 15) is 0 Å². The Morgan fingerprint density at radius 1 is 1.18 bits per heavy atom. The summed E-state index contributed by atoms with van der Waals surface area (Å²) >= 11 is 0. The second kappa shape index (κ2) is 10.2. The normalized spacial score (nSPS) is 18.4. The van der Waals surface area contributed by atoms with E-state index >= 15 is 0 Å². The average molecular weight is 495 g/mol. The van der Waals surface area contributed by atoms with Crippen molar-refractivity contribution in [1.82, 2.24) is 15.4 Å². The summed E-state index contributed by atoms with van der Waals surface area (Å²) in [4.78, 5) is 7.01. The van der Waals surface area contributed by atoms with Gasteiger partial charge in [0.15, 0.2) is 5.96 Å². The van der Waals surface area contributed by atoms with Crippen LogP contribution in [0, 0.1) is 0 Å². The van der Waals surface area contributed by atoms with Gasteiger partial charge in [0.1, 0.15) is 11.5 Å². The molecule has 0 bridgehead atoms. The fourth-order valence-corrected chi connectivity index (χ4v) is 4.07. The summed E-state index contributed by atoms with van der Waals surface area (Å²) in [6.45, 7) is 3.69. The summed E-state index contributed by atoms with van der Waals surface area (Å²) in [5.41, 5.74) is 9.71. The summed E-state index contributed by atoms with van der Waals surface area (Å²) in [6.07, 6.45) is 6.63. The zero-order valence-corrected chi connectivity index (χ0v) is 18.6. The van der Waals surface area contributed by atoms with Gasteiger partial charge in [-0.05, 0) is 37.7 Å². The van der Waals surface area contributed by atoms with Gasteiger partial charge in [0, 0.05) is 37.7 Å². The molecular weight excluding hydrogens is 465 g/mol. The zero-order chi connectivity index (χ0) is 18.5. The number of nitrogens with one attached hydrogen (secondary N) is 1. The molecule has 2 heterocycles. The van der Waals surface area contributed by atoms with Crippen molar-refractivity contribution in [3.8, 4) is 0 Å². The molecule has 1 aromatic carbocycles. The number of halogens is 1. The van der Waals surface area contributed by atoms with Crippen LogP contribution in [0.5, 0.6) is 0 Å². The maximum absolute atomic E-state index is 6.12. The summed E-state index contributed by atoms with van der Waals surface area (Å²) in [5.74, 6) is 1.56. The van der Waals surface area contributed by atoms with Crippen LogP contribution < -0.4 is 11.1 Å². The Morgan fingerprint density at radius 3 is 2.71 bits per heavy atom. The lowest BCUT2D eigenvalue weighted by Crippen LogP contribution is -2.46. The third kappa shape index (κ3) is 5.47. The molecule has 2 aliphatic rings. The predicted molar refractivity (Wildman–Crippen MR) is 122 cm³/mol. The molecule has 6 nitrogen and oxygen atoms in total. The van der Waals surface area contributed by atoms with E-state index in [0.29, 0.717) is 18.5 Å². The third-order valence-corrected chi connectivity index (χ3v) is 5.62. The van der Waals surface area contributed by atoms with Gasteiger partial charge in [-0.3, -0.25) is 4.90 Å². The van der Waals surface area contributed by atoms with E-state index in [1.54, 1.807) is 0 Å². The highest BCUT2D eigenvalue weighted by molar-refractivity contribution is 14.0. The molecule has 28 heavy (non-hydrogen) atoms. The molecule has 1 fully saturated rings. The number of aliphatic imine (C=N–C) groups is 1. The molecule has 0 amide bonds. The Labute approximate surface area is 184 Å². The molecular formula is C21H30IN5O. The summed E-state index contributed by atoms with van der Waals surface area (Å²) in [7, 11) is 0. The molecule has 0 saturated carbocycles. The van der Waals surface area contributed by atoms with E-state index in [1.807, 2.05) is 0 Å². The largest absolute Gasteiger partial charge is 0.370 e. The van der Waals surface area contributed by atoms with Crippen LogP contribution in [0.4, 0.5) is 0 Å². The van der Waals surface area contributed by atoms with E-state index in [0.717, 1.165) is 56.8 Å². The lowest BCUT2D eigenvalue weighted by Gasteiger charge is -2.32. The van der Waals surface area contributed by atoms with Crippen LogP contribution in [-0.2, 0) is 25.9 Å². The minimum absolute atomic E-state index is 0. The van der Waals surface area contributed by atoms with Crippen molar-refractivity contribution in [3.63, 3.8) is 0 Å². The molecule has 0 unspecified atom stereocenters. The van der Waals surface area contributed by atoms with Gasteiger partial charge < -0.3 is 15.6 Å². The summed E-state index contributed by atoms with van der Waals surface area (Å²) < 4.78 is 5.44. The topological polar surface area (TPSA) is 79.7 Å². The second-order valence-corrected chi connectivity index (χ2v) is 7.62. The van der Waals surface area contributed by atoms with Crippen molar-refractivity contribution in [2.45, 2.75) is 57.7 Å². The molecule has 1 aromatic heterocycles. The van der Waals surface area contributed by atoms with Gasteiger partial charge in [0.2, 0.25) is 0 Å². The highest BCUT2D eigenvalue weighted by Gasteiger charge is 2.21. The number of aromatic nitrogens is 1. The van der Waals surface area contributed by atoms with Crippen LogP contribution in [0.15, 0.2) is 39.8 Å². The smallest absolute Gasteiger partial charge is 0.189 e. The van der Waals surface area contributed by atoms with Crippen LogP contribution in [-0.4, -0.2) is 35.1 Å². The Bertz CT molecular complexity index is 768. The number of piperidine rings is 1. The van der Waals surface area contributed by atoms with Crippen molar-refractivity contribution in [2.75, 3.05) is 13.1 Å². The van der Waals surface area contributed by atoms with Gasteiger partial charge in [-0.15, -0.1) is 24.0 Å². The maximum atomic E-state index is 6.12. The zero-order valence-electron chi connectivity index (χ0n) is 16.3. The fourth-order valence-electron chi connectivity index (χ4n) is 4.07. The number of hydrogen-bond acceptors (Lipinski definition) is 4. The van der Waals surface area contributed by atoms with Crippen molar-refractivity contribution in [2.24, 2.45) is 10.7 Å². The van der Waals surface area contributed by atoms with Crippen LogP contribution in [0.25, 0.3) is 0 Å². The SMILES string of the molecule is I.NC(=NCc1noc2c1CCCC2)NC1CCN(Cc2ccccc2)CC1. The maximum Gasteiger partial charge on any atom is 0.189 e. The highest BCUT2D eigenvalue weighted by Crippen LogP contribution is 2.24. The van der Waals surface area contributed by atoms with E-state index in [1.165, 1.54) is 24.0 Å². The first-order chi connectivity index (χ1) is 13.3. The van der Waals surface area contributed by atoms with Crippen LogP contribution in [0.1, 0.15) is 48.3 Å². The van der Waals surface area contributed by atoms with E-state index in [-0.39, 0.29) is 24.0 Å². The molecule has 7 heteroatoms. The number of benzene rings is 1.